The number of amides is 1. The number of rotatable bonds is 5. The Kier molecular flexibility index (Phi) is 7.09. The van der Waals surface area contributed by atoms with Gasteiger partial charge >= 0.3 is 0 Å². The number of benzene rings is 2. The first-order valence-corrected chi connectivity index (χ1v) is 11.3. The van der Waals surface area contributed by atoms with Crippen molar-refractivity contribution in [1.82, 2.24) is 5.32 Å². The normalized spacial score (nSPS) is 14.8. The lowest BCUT2D eigenvalue weighted by molar-refractivity contribution is -0.113. The van der Waals surface area contributed by atoms with Crippen molar-refractivity contribution in [3.05, 3.63) is 84.5 Å². The van der Waals surface area contributed by atoms with E-state index in [9.17, 15) is 9.18 Å². The largest absolute Gasteiger partial charge is 0.482 e. The van der Waals surface area contributed by atoms with Crippen LogP contribution in [0.2, 0.25) is 25.1 Å². The summed E-state index contributed by atoms with van der Waals surface area (Å²) in [5.41, 5.74) is 0.623. The number of carbonyl (C=O) groups is 1. The molecule has 0 aliphatic carbocycles. The summed E-state index contributed by atoms with van der Waals surface area (Å²) in [6.45, 7) is -0.0571. The minimum absolute atomic E-state index is 0.0140. The summed E-state index contributed by atoms with van der Waals surface area (Å²) >= 11 is 35.6. The van der Waals surface area contributed by atoms with Crippen molar-refractivity contribution in [2.75, 3.05) is 4.90 Å². The summed E-state index contributed by atoms with van der Waals surface area (Å²) in [6, 6.07) is 8.67. The van der Waals surface area contributed by atoms with E-state index in [4.69, 9.17) is 79.4 Å². The Labute approximate surface area is 217 Å². The van der Waals surface area contributed by atoms with Crippen molar-refractivity contribution in [1.29, 1.82) is 0 Å². The van der Waals surface area contributed by atoms with Crippen LogP contribution in [0.5, 0.6) is 5.75 Å². The van der Waals surface area contributed by atoms with Gasteiger partial charge in [-0.05, 0) is 48.6 Å². The Bertz CT molecular complexity index is 1280. The first kappa shape index (κ1) is 24.1. The van der Waals surface area contributed by atoms with E-state index in [0.29, 0.717) is 17.2 Å². The van der Waals surface area contributed by atoms with Crippen LogP contribution in [0.15, 0.2) is 46.5 Å². The number of carbonyl (C=O) groups excluding carboxylic acids is 1. The third-order valence-corrected chi connectivity index (χ3v) is 6.99. The SMILES string of the molecule is O=C1/C(=C\c2ccc(COc3c(Cl)c(Cl)c(Cl)c(Cl)c3Cl)o2)NC(=S)N1c1ccc(F)cc1. The third kappa shape index (κ3) is 4.80. The maximum absolute atomic E-state index is 13.2. The Morgan fingerprint density at radius 1 is 0.970 bits per heavy atom. The molecular formula is C21H10Cl5FN2O3S. The van der Waals surface area contributed by atoms with Crippen molar-refractivity contribution in [2.24, 2.45) is 0 Å². The lowest BCUT2D eigenvalue weighted by atomic mass is 10.2. The van der Waals surface area contributed by atoms with E-state index in [1.807, 2.05) is 0 Å². The van der Waals surface area contributed by atoms with Crippen LogP contribution in [0.25, 0.3) is 6.08 Å². The maximum atomic E-state index is 13.2. The standard InChI is InChI=1S/C21H10Cl5FN2O3S/c22-14-15(23)17(25)19(18(26)16(14)24)31-8-12-6-5-11(32-12)7-13-20(30)29(21(33)28-13)10-3-1-9(27)2-4-10/h1-7H,8H2,(H,28,33)/b13-7+. The topological polar surface area (TPSA) is 54.7 Å². The second-order valence-corrected chi connectivity index (χ2v) is 8.87. The quantitative estimate of drug-likeness (QED) is 0.150. The van der Waals surface area contributed by atoms with Gasteiger partial charge in [0.15, 0.2) is 10.9 Å². The predicted octanol–water partition coefficient (Wildman–Crippen LogP) is 7.53. The Balaban J connectivity index is 1.50. The number of thiocarbonyl (C=S) groups is 1. The van der Waals surface area contributed by atoms with Gasteiger partial charge in [-0.1, -0.05) is 58.0 Å². The number of nitrogens with zero attached hydrogens (tertiary/aromatic N) is 1. The second kappa shape index (κ2) is 9.70. The van der Waals surface area contributed by atoms with E-state index in [1.54, 1.807) is 12.1 Å². The third-order valence-electron chi connectivity index (χ3n) is 4.46. The summed E-state index contributed by atoms with van der Waals surface area (Å²) in [5, 5.41) is 3.06. The lowest BCUT2D eigenvalue weighted by Crippen LogP contribution is -2.30. The van der Waals surface area contributed by atoms with Gasteiger partial charge in [-0.25, -0.2) is 4.39 Å². The van der Waals surface area contributed by atoms with Crippen LogP contribution >= 0.6 is 70.2 Å². The predicted molar refractivity (Wildman–Crippen MR) is 132 cm³/mol. The van der Waals surface area contributed by atoms with Crippen molar-refractivity contribution in [3.8, 4) is 5.75 Å². The fourth-order valence-electron chi connectivity index (χ4n) is 2.91. The lowest BCUT2D eigenvalue weighted by Gasteiger charge is -2.13. The molecule has 0 saturated carbocycles. The first-order chi connectivity index (χ1) is 15.7. The Hall–Kier alpha value is -2.00. The molecule has 1 amide bonds. The molecule has 1 fully saturated rings. The van der Waals surface area contributed by atoms with Gasteiger partial charge in [0.05, 0.1) is 20.8 Å². The molecule has 12 heteroatoms. The Morgan fingerprint density at radius 3 is 2.21 bits per heavy atom. The minimum atomic E-state index is -0.420. The van der Waals surface area contributed by atoms with Gasteiger partial charge in [0.2, 0.25) is 0 Å². The van der Waals surface area contributed by atoms with Gasteiger partial charge in [0, 0.05) is 6.08 Å². The summed E-state index contributed by atoms with van der Waals surface area (Å²) in [6.07, 6.45) is 1.48. The van der Waals surface area contributed by atoms with Crippen LogP contribution in [0.3, 0.4) is 0 Å². The van der Waals surface area contributed by atoms with E-state index >= 15 is 0 Å². The average Bonchev–Trinajstić information content (AvgIpc) is 3.35. The second-order valence-electron chi connectivity index (χ2n) is 6.60. The molecule has 1 aliphatic heterocycles. The molecule has 0 unspecified atom stereocenters. The van der Waals surface area contributed by atoms with E-state index in [-0.39, 0.29) is 48.3 Å². The smallest absolute Gasteiger partial charge is 0.281 e. The van der Waals surface area contributed by atoms with E-state index in [1.165, 1.54) is 35.2 Å². The Morgan fingerprint density at radius 2 is 1.58 bits per heavy atom. The summed E-state index contributed by atoms with van der Waals surface area (Å²) in [4.78, 5) is 14.0. The molecule has 0 radical (unpaired) electrons. The molecule has 0 spiro atoms. The monoisotopic (exact) mass is 564 g/mol. The highest BCUT2D eigenvalue weighted by molar-refractivity contribution is 7.80. The fraction of sp³-hybridized carbons (Fsp3) is 0.0476. The molecule has 1 aliphatic rings. The molecule has 1 aromatic heterocycles. The van der Waals surface area contributed by atoms with Gasteiger partial charge in [-0.2, -0.15) is 0 Å². The number of furan rings is 1. The molecule has 5 nitrogen and oxygen atoms in total. The molecule has 170 valence electrons. The molecule has 2 heterocycles. The molecule has 1 N–H and O–H groups in total. The van der Waals surface area contributed by atoms with Gasteiger partial charge in [0.1, 0.15) is 39.7 Å². The molecule has 3 aromatic rings. The first-order valence-electron chi connectivity index (χ1n) is 9.03. The van der Waals surface area contributed by atoms with E-state index in [0.717, 1.165) is 0 Å². The van der Waals surface area contributed by atoms with Crippen molar-refractivity contribution in [3.63, 3.8) is 0 Å². The highest BCUT2D eigenvalue weighted by Crippen LogP contribution is 2.48. The zero-order valence-corrected chi connectivity index (χ0v) is 20.7. The van der Waals surface area contributed by atoms with E-state index < -0.39 is 11.7 Å². The van der Waals surface area contributed by atoms with Gasteiger partial charge in [0.25, 0.3) is 5.91 Å². The van der Waals surface area contributed by atoms with Gasteiger partial charge in [-0.15, -0.1) is 0 Å². The van der Waals surface area contributed by atoms with Crippen LogP contribution in [0, 0.1) is 5.82 Å². The van der Waals surface area contributed by atoms with Crippen molar-refractivity contribution >= 4 is 93.0 Å². The molecular weight excluding hydrogens is 557 g/mol. The zero-order valence-electron chi connectivity index (χ0n) is 16.1. The molecule has 4 rings (SSSR count). The van der Waals surface area contributed by atoms with Crippen LogP contribution in [0.1, 0.15) is 11.5 Å². The van der Waals surface area contributed by atoms with Gasteiger partial charge in [-0.3, -0.25) is 9.69 Å². The minimum Gasteiger partial charge on any atom is -0.482 e. The zero-order chi connectivity index (χ0) is 23.9. The highest BCUT2D eigenvalue weighted by Gasteiger charge is 2.32. The highest BCUT2D eigenvalue weighted by atomic mass is 35.5. The number of ether oxygens (including phenoxy) is 1. The summed E-state index contributed by atoms with van der Waals surface area (Å²) < 4.78 is 24.5. The maximum Gasteiger partial charge on any atom is 0.281 e. The molecule has 1 saturated heterocycles. The van der Waals surface area contributed by atoms with Crippen molar-refractivity contribution < 1.29 is 18.3 Å². The molecule has 0 bridgehead atoms. The van der Waals surface area contributed by atoms with Crippen molar-refractivity contribution in [2.45, 2.75) is 6.61 Å². The van der Waals surface area contributed by atoms with Gasteiger partial charge < -0.3 is 14.5 Å². The van der Waals surface area contributed by atoms with E-state index in [2.05, 4.69) is 5.32 Å². The van der Waals surface area contributed by atoms with Crippen LogP contribution in [-0.4, -0.2) is 11.0 Å². The average molecular weight is 567 g/mol. The summed E-state index contributed by atoms with van der Waals surface area (Å²) in [5.74, 6) is -0.0139. The number of anilines is 1. The number of nitrogens with one attached hydrogen (secondary N) is 1. The van der Waals surface area contributed by atoms with Crippen LogP contribution in [-0.2, 0) is 11.4 Å². The van der Waals surface area contributed by atoms with Crippen LogP contribution in [0.4, 0.5) is 10.1 Å². The molecule has 33 heavy (non-hydrogen) atoms. The van der Waals surface area contributed by atoms with Crippen LogP contribution < -0.4 is 15.0 Å². The number of halogens is 6. The number of hydrogen-bond donors (Lipinski definition) is 1. The molecule has 0 atom stereocenters. The summed E-state index contributed by atoms with van der Waals surface area (Å²) in [7, 11) is 0. The molecule has 2 aromatic carbocycles. The number of hydrogen-bond acceptors (Lipinski definition) is 4. The fourth-order valence-corrected chi connectivity index (χ4v) is 4.43.